The Morgan fingerprint density at radius 3 is 2.92 bits per heavy atom. The van der Waals surface area contributed by atoms with Crippen LogP contribution < -0.4 is 0 Å². The second-order valence-corrected chi connectivity index (χ2v) is 2.11. The number of unbranched alkanes of at least 4 members (excludes halogenated alkanes) is 1. The van der Waals surface area contributed by atoms with Crippen LogP contribution in [0.3, 0.4) is 0 Å². The molecule has 0 unspecified atom stereocenters. The van der Waals surface area contributed by atoms with Crippen LogP contribution in [0.4, 0.5) is 0 Å². The third kappa shape index (κ3) is 8.74. The van der Waals surface area contributed by atoms with Crippen molar-refractivity contribution in [1.82, 2.24) is 0 Å². The second kappa shape index (κ2) is 7.84. The van der Waals surface area contributed by atoms with Crippen molar-refractivity contribution in [3.05, 3.63) is 10.4 Å². The summed E-state index contributed by atoms with van der Waals surface area (Å²) >= 11 is 0. The minimum atomic E-state index is -0.968. The van der Waals surface area contributed by atoms with Gasteiger partial charge in [0.25, 0.3) is 0 Å². The normalized spacial score (nSPS) is 9.00. The van der Waals surface area contributed by atoms with Crippen LogP contribution >= 0.6 is 0 Å². The molecule has 1 N–H and O–H groups in total. The summed E-state index contributed by atoms with van der Waals surface area (Å²) in [4.78, 5) is 12.5. The van der Waals surface area contributed by atoms with E-state index in [2.05, 4.69) is 10.0 Å². The number of carboxylic acid groups (broad SMARTS) is 1. The lowest BCUT2D eigenvalue weighted by Gasteiger charge is -1.98. The topological polar surface area (TPSA) is 95.3 Å². The summed E-state index contributed by atoms with van der Waals surface area (Å²) in [5.41, 5.74) is 7.89. The van der Waals surface area contributed by atoms with Crippen molar-refractivity contribution >= 4 is 5.97 Å². The van der Waals surface area contributed by atoms with E-state index < -0.39 is 5.97 Å². The van der Waals surface area contributed by atoms with E-state index in [1.54, 1.807) is 0 Å². The highest BCUT2D eigenvalue weighted by molar-refractivity contribution is 5.67. The molecule has 0 amide bonds. The van der Waals surface area contributed by atoms with Gasteiger partial charge in [-0.25, -0.2) is 4.79 Å². The molecule has 0 fully saturated rings. The molecule has 0 aromatic carbocycles. The van der Waals surface area contributed by atoms with E-state index in [1.165, 1.54) is 0 Å². The quantitative estimate of drug-likeness (QED) is 0.271. The SMILES string of the molecule is [N-]=[N+]=NCCCCOCC(=O)O. The van der Waals surface area contributed by atoms with Gasteiger partial charge in [0.1, 0.15) is 6.61 Å². The van der Waals surface area contributed by atoms with Crippen LogP contribution in [0, 0.1) is 0 Å². The van der Waals surface area contributed by atoms with Gasteiger partial charge in [-0.3, -0.25) is 0 Å². The van der Waals surface area contributed by atoms with E-state index in [4.69, 9.17) is 15.4 Å². The van der Waals surface area contributed by atoms with E-state index in [0.717, 1.165) is 6.42 Å². The minimum Gasteiger partial charge on any atom is -0.480 e. The van der Waals surface area contributed by atoms with Gasteiger partial charge in [0.2, 0.25) is 0 Å². The molecule has 0 radical (unpaired) electrons. The Morgan fingerprint density at radius 1 is 1.58 bits per heavy atom. The summed E-state index contributed by atoms with van der Waals surface area (Å²) < 4.78 is 4.74. The van der Waals surface area contributed by atoms with Crippen molar-refractivity contribution in [2.24, 2.45) is 5.11 Å². The summed E-state index contributed by atoms with van der Waals surface area (Å²) in [6, 6.07) is 0. The van der Waals surface area contributed by atoms with Crippen molar-refractivity contribution in [1.29, 1.82) is 0 Å². The molecule has 0 aliphatic carbocycles. The molecule has 0 bridgehead atoms. The Labute approximate surface area is 69.8 Å². The molecule has 0 saturated carbocycles. The monoisotopic (exact) mass is 173 g/mol. The predicted octanol–water partition coefficient (Wildman–Crippen LogP) is 1.18. The maximum absolute atomic E-state index is 9.94. The van der Waals surface area contributed by atoms with Crippen LogP contribution in [0.5, 0.6) is 0 Å². The van der Waals surface area contributed by atoms with Crippen LogP contribution in [0.15, 0.2) is 5.11 Å². The molecule has 0 atom stereocenters. The maximum Gasteiger partial charge on any atom is 0.329 e. The van der Waals surface area contributed by atoms with E-state index in [9.17, 15) is 4.79 Å². The van der Waals surface area contributed by atoms with E-state index in [-0.39, 0.29) is 6.61 Å². The summed E-state index contributed by atoms with van der Waals surface area (Å²) in [7, 11) is 0. The molecule has 0 aliphatic heterocycles. The number of nitrogens with zero attached hydrogens (tertiary/aromatic N) is 3. The fourth-order valence-corrected chi connectivity index (χ4v) is 0.591. The highest BCUT2D eigenvalue weighted by Crippen LogP contribution is 1.90. The van der Waals surface area contributed by atoms with E-state index in [1.807, 2.05) is 0 Å². The lowest BCUT2D eigenvalue weighted by atomic mass is 10.3. The number of hydrogen-bond donors (Lipinski definition) is 1. The van der Waals surface area contributed by atoms with Gasteiger partial charge >= 0.3 is 5.97 Å². The smallest absolute Gasteiger partial charge is 0.329 e. The predicted molar refractivity (Wildman–Crippen MR) is 41.7 cm³/mol. The van der Waals surface area contributed by atoms with Gasteiger partial charge in [-0.15, -0.1) is 0 Å². The first kappa shape index (κ1) is 10.7. The molecule has 12 heavy (non-hydrogen) atoms. The Bertz CT molecular complexity index is 171. The van der Waals surface area contributed by atoms with Crippen molar-refractivity contribution in [3.63, 3.8) is 0 Å². The molecule has 0 rings (SSSR count). The summed E-state index contributed by atoms with van der Waals surface area (Å²) in [6.45, 7) is 0.571. The fraction of sp³-hybridized carbons (Fsp3) is 0.833. The summed E-state index contributed by atoms with van der Waals surface area (Å²) in [5, 5.41) is 11.5. The molecule has 6 heteroatoms. The summed E-state index contributed by atoms with van der Waals surface area (Å²) in [6.07, 6.45) is 1.44. The summed E-state index contributed by atoms with van der Waals surface area (Å²) in [5.74, 6) is -0.968. The molecule has 0 aliphatic rings. The zero-order chi connectivity index (χ0) is 9.23. The molecular formula is C6H11N3O3. The third-order valence-electron chi connectivity index (χ3n) is 1.09. The van der Waals surface area contributed by atoms with Gasteiger partial charge in [-0.05, 0) is 18.4 Å². The lowest BCUT2D eigenvalue weighted by Crippen LogP contribution is -2.07. The van der Waals surface area contributed by atoms with E-state index in [0.29, 0.717) is 19.6 Å². The average molecular weight is 173 g/mol. The second-order valence-electron chi connectivity index (χ2n) is 2.11. The number of rotatable bonds is 7. The highest BCUT2D eigenvalue weighted by atomic mass is 16.5. The van der Waals surface area contributed by atoms with E-state index >= 15 is 0 Å². The van der Waals surface area contributed by atoms with Crippen LogP contribution in [0.2, 0.25) is 0 Å². The number of hydrogen-bond acceptors (Lipinski definition) is 3. The van der Waals surface area contributed by atoms with Gasteiger partial charge in [-0.2, -0.15) is 0 Å². The first-order chi connectivity index (χ1) is 5.77. The minimum absolute atomic E-state index is 0.262. The Balaban J connectivity index is 3.00. The number of carboxylic acids is 1. The number of azide groups is 1. The number of aliphatic carboxylic acids is 1. The Hall–Kier alpha value is -1.26. The zero-order valence-electron chi connectivity index (χ0n) is 6.64. The molecule has 0 aromatic heterocycles. The number of carbonyl (C=O) groups is 1. The maximum atomic E-state index is 9.94. The van der Waals surface area contributed by atoms with Crippen LogP contribution in [0.1, 0.15) is 12.8 Å². The van der Waals surface area contributed by atoms with Crippen molar-refractivity contribution in [2.45, 2.75) is 12.8 Å². The highest BCUT2D eigenvalue weighted by Gasteiger charge is 1.94. The molecule has 0 spiro atoms. The van der Waals surface area contributed by atoms with Gasteiger partial charge in [-0.1, -0.05) is 5.11 Å². The van der Waals surface area contributed by atoms with Gasteiger partial charge in [0, 0.05) is 18.1 Å². The molecule has 6 nitrogen and oxygen atoms in total. The molecule has 0 aromatic rings. The molecule has 68 valence electrons. The molecular weight excluding hydrogens is 162 g/mol. The van der Waals surface area contributed by atoms with Crippen LogP contribution in [0.25, 0.3) is 10.4 Å². The van der Waals surface area contributed by atoms with Gasteiger partial charge in [0.05, 0.1) is 0 Å². The van der Waals surface area contributed by atoms with Crippen molar-refractivity contribution in [2.75, 3.05) is 19.8 Å². The number of ether oxygens (including phenoxy) is 1. The largest absolute Gasteiger partial charge is 0.480 e. The molecule has 0 saturated heterocycles. The first-order valence-electron chi connectivity index (χ1n) is 3.57. The third-order valence-corrected chi connectivity index (χ3v) is 1.09. The average Bonchev–Trinajstić information content (AvgIpc) is 2.02. The Kier molecular flexibility index (Phi) is 7.02. The lowest BCUT2D eigenvalue weighted by molar-refractivity contribution is -0.142. The van der Waals surface area contributed by atoms with Gasteiger partial charge < -0.3 is 9.84 Å². The standard InChI is InChI=1S/C6H11N3O3/c7-9-8-3-1-2-4-12-5-6(10)11/h1-5H2,(H,10,11). The van der Waals surface area contributed by atoms with Crippen LogP contribution in [-0.4, -0.2) is 30.8 Å². The first-order valence-corrected chi connectivity index (χ1v) is 3.57. The van der Waals surface area contributed by atoms with Gasteiger partial charge in [0.15, 0.2) is 0 Å². The van der Waals surface area contributed by atoms with Crippen molar-refractivity contribution in [3.8, 4) is 0 Å². The van der Waals surface area contributed by atoms with Crippen molar-refractivity contribution < 1.29 is 14.6 Å². The zero-order valence-corrected chi connectivity index (χ0v) is 6.64. The molecule has 0 heterocycles. The van der Waals surface area contributed by atoms with Crippen LogP contribution in [-0.2, 0) is 9.53 Å². The fourth-order valence-electron chi connectivity index (χ4n) is 0.591. The Morgan fingerprint density at radius 2 is 2.33 bits per heavy atom.